The van der Waals surface area contributed by atoms with Crippen molar-refractivity contribution in [2.45, 2.75) is 18.2 Å². The molecular weight excluding hydrogens is 525 g/mol. The molecule has 3 aromatic rings. The molecule has 1 aliphatic heterocycles. The lowest BCUT2D eigenvalue weighted by molar-refractivity contribution is -0.118. The number of anilines is 2. The number of thiocarbonyl (C=S) groups is 1. The van der Waals surface area contributed by atoms with E-state index in [4.69, 9.17) is 21.7 Å². The molecule has 1 saturated heterocycles. The average Bonchev–Trinajstić information content (AvgIpc) is 3.20. The Morgan fingerprint density at radius 1 is 1.11 bits per heavy atom. The lowest BCUT2D eigenvalue weighted by Gasteiger charge is -2.15. The number of carbonyl (C=O) groups excluding carboxylic acids is 2. The molecule has 190 valence electrons. The van der Waals surface area contributed by atoms with Gasteiger partial charge in [-0.05, 0) is 72.3 Å². The van der Waals surface area contributed by atoms with Crippen LogP contribution in [0, 0.1) is 0 Å². The van der Waals surface area contributed by atoms with Gasteiger partial charge in [-0.25, -0.2) is 0 Å². The third kappa shape index (κ3) is 6.54. The third-order valence-electron chi connectivity index (χ3n) is 5.60. The number of nitrogens with zero attached hydrogens (tertiary/aromatic N) is 1. The molecule has 6 nitrogen and oxygen atoms in total. The zero-order valence-corrected chi connectivity index (χ0v) is 23.1. The lowest BCUT2D eigenvalue weighted by Crippen LogP contribution is -2.27. The second-order valence-electron chi connectivity index (χ2n) is 8.02. The Balaban J connectivity index is 1.43. The summed E-state index contributed by atoms with van der Waals surface area (Å²) in [7, 11) is 1.53. The van der Waals surface area contributed by atoms with Crippen LogP contribution in [0.1, 0.15) is 18.1 Å². The fraction of sp³-hybridized carbons (Fsp3) is 0.179. The molecule has 0 saturated carbocycles. The van der Waals surface area contributed by atoms with Crippen LogP contribution >= 0.6 is 35.7 Å². The van der Waals surface area contributed by atoms with E-state index in [0.717, 1.165) is 22.6 Å². The van der Waals surface area contributed by atoms with Crippen LogP contribution in [-0.2, 0) is 16.0 Å². The van der Waals surface area contributed by atoms with Gasteiger partial charge in [0.05, 0.1) is 17.7 Å². The highest BCUT2D eigenvalue weighted by molar-refractivity contribution is 8.27. The number of amides is 2. The van der Waals surface area contributed by atoms with E-state index in [0.29, 0.717) is 26.4 Å². The molecule has 0 aliphatic carbocycles. The van der Waals surface area contributed by atoms with Gasteiger partial charge >= 0.3 is 0 Å². The average molecular weight is 551 g/mol. The quantitative estimate of drug-likeness (QED) is 0.188. The largest absolute Gasteiger partial charge is 0.493 e. The van der Waals surface area contributed by atoms with Crippen molar-refractivity contribution in [3.8, 4) is 11.5 Å². The van der Waals surface area contributed by atoms with E-state index in [2.05, 4.69) is 12.2 Å². The molecular formula is C28H26N2O4S3. The van der Waals surface area contributed by atoms with Crippen molar-refractivity contribution in [2.24, 2.45) is 0 Å². The van der Waals surface area contributed by atoms with Crippen LogP contribution in [-0.4, -0.2) is 36.1 Å². The predicted molar refractivity (Wildman–Crippen MR) is 157 cm³/mol. The molecule has 0 atom stereocenters. The summed E-state index contributed by atoms with van der Waals surface area (Å²) in [6.07, 6.45) is 4.70. The van der Waals surface area contributed by atoms with E-state index in [-0.39, 0.29) is 18.4 Å². The molecule has 2 amide bonds. The predicted octanol–water partition coefficient (Wildman–Crippen LogP) is 6.40. The van der Waals surface area contributed by atoms with Gasteiger partial charge in [0.2, 0.25) is 0 Å². The smallest absolute Gasteiger partial charge is 0.270 e. The van der Waals surface area contributed by atoms with E-state index >= 15 is 0 Å². The van der Waals surface area contributed by atoms with Crippen LogP contribution in [0.4, 0.5) is 11.4 Å². The Kier molecular flexibility index (Phi) is 8.91. The van der Waals surface area contributed by atoms with Gasteiger partial charge in [-0.3, -0.25) is 14.5 Å². The van der Waals surface area contributed by atoms with Crippen molar-refractivity contribution in [3.05, 3.63) is 82.8 Å². The molecule has 3 aromatic carbocycles. The fourth-order valence-electron chi connectivity index (χ4n) is 3.65. The Hall–Kier alpha value is -3.27. The zero-order chi connectivity index (χ0) is 26.4. The van der Waals surface area contributed by atoms with E-state index < -0.39 is 0 Å². The van der Waals surface area contributed by atoms with Crippen LogP contribution in [0.15, 0.2) is 76.5 Å². The number of hydrogen-bond acceptors (Lipinski definition) is 7. The molecule has 1 fully saturated rings. The van der Waals surface area contributed by atoms with Crippen molar-refractivity contribution < 1.29 is 19.1 Å². The van der Waals surface area contributed by atoms with Crippen LogP contribution in [0.3, 0.4) is 0 Å². The van der Waals surface area contributed by atoms with Crippen LogP contribution in [0.2, 0.25) is 0 Å². The van der Waals surface area contributed by atoms with Gasteiger partial charge in [-0.2, -0.15) is 0 Å². The number of benzene rings is 3. The fourth-order valence-corrected chi connectivity index (χ4v) is 5.40. The number of rotatable bonds is 9. The number of aryl methyl sites for hydroxylation is 1. The first kappa shape index (κ1) is 26.8. The second-order valence-corrected chi connectivity index (χ2v) is 10.6. The second kappa shape index (κ2) is 12.3. The minimum Gasteiger partial charge on any atom is -0.493 e. The number of thioether (sulfide) groups is 2. The first-order valence-electron chi connectivity index (χ1n) is 11.5. The van der Waals surface area contributed by atoms with E-state index in [1.54, 1.807) is 40.9 Å². The van der Waals surface area contributed by atoms with Crippen molar-refractivity contribution in [1.82, 2.24) is 0 Å². The first-order chi connectivity index (χ1) is 17.9. The van der Waals surface area contributed by atoms with E-state index in [1.807, 2.05) is 54.8 Å². The highest BCUT2D eigenvalue weighted by Crippen LogP contribution is 2.38. The molecule has 0 bridgehead atoms. The summed E-state index contributed by atoms with van der Waals surface area (Å²) >= 11 is 8.36. The Morgan fingerprint density at radius 2 is 1.89 bits per heavy atom. The van der Waals surface area contributed by atoms with Crippen LogP contribution in [0.25, 0.3) is 6.08 Å². The Labute approximate surface area is 230 Å². The van der Waals surface area contributed by atoms with Crippen molar-refractivity contribution >= 4 is 69.3 Å². The number of hydrogen-bond donors (Lipinski definition) is 1. The van der Waals surface area contributed by atoms with Gasteiger partial charge in [0.1, 0.15) is 0 Å². The molecule has 9 heteroatoms. The summed E-state index contributed by atoms with van der Waals surface area (Å²) < 4.78 is 11.7. The summed E-state index contributed by atoms with van der Waals surface area (Å²) in [5.41, 5.74) is 3.42. The molecule has 0 radical (unpaired) electrons. The van der Waals surface area contributed by atoms with Crippen molar-refractivity contribution in [1.29, 1.82) is 0 Å². The lowest BCUT2D eigenvalue weighted by atomic mass is 10.1. The summed E-state index contributed by atoms with van der Waals surface area (Å²) in [5.74, 6) is 0.440. The van der Waals surface area contributed by atoms with Gasteiger partial charge in [0.15, 0.2) is 22.4 Å². The Bertz CT molecular complexity index is 1360. The highest BCUT2D eigenvalue weighted by atomic mass is 32.2. The maximum Gasteiger partial charge on any atom is 0.270 e. The molecule has 0 unspecified atom stereocenters. The molecule has 4 rings (SSSR count). The van der Waals surface area contributed by atoms with Gasteiger partial charge < -0.3 is 14.8 Å². The number of ether oxygens (including phenoxy) is 2. The van der Waals surface area contributed by atoms with Gasteiger partial charge in [0, 0.05) is 10.6 Å². The topological polar surface area (TPSA) is 67.9 Å². The molecule has 1 heterocycles. The minimum absolute atomic E-state index is 0.168. The summed E-state index contributed by atoms with van der Waals surface area (Å²) in [4.78, 5) is 28.6. The maximum absolute atomic E-state index is 13.1. The molecule has 0 aromatic heterocycles. The number of methoxy groups -OCH3 is 1. The van der Waals surface area contributed by atoms with E-state index in [1.165, 1.54) is 24.4 Å². The van der Waals surface area contributed by atoms with Crippen LogP contribution in [0.5, 0.6) is 11.5 Å². The number of carbonyl (C=O) groups is 2. The summed E-state index contributed by atoms with van der Waals surface area (Å²) in [6.45, 7) is 1.91. The summed E-state index contributed by atoms with van der Waals surface area (Å²) in [5, 5.41) is 2.82. The standard InChI is InChI=1S/C28H26N2O4S3/c1-4-18-8-11-20(12-9-18)29-26(31)17-34-23-13-10-19(14-24(23)33-2)15-25-27(32)30(28(35)37-25)21-6-5-7-22(16-21)36-3/h5-16H,4,17H2,1-3H3,(H,29,31)/b25-15-. The van der Waals surface area contributed by atoms with Gasteiger partial charge in [-0.15, -0.1) is 11.8 Å². The van der Waals surface area contributed by atoms with Gasteiger partial charge in [0.25, 0.3) is 11.8 Å². The van der Waals surface area contributed by atoms with Gasteiger partial charge in [-0.1, -0.05) is 55.2 Å². The summed E-state index contributed by atoms with van der Waals surface area (Å²) in [6, 6.07) is 20.7. The normalized spacial score (nSPS) is 14.2. The minimum atomic E-state index is -0.274. The maximum atomic E-state index is 13.1. The van der Waals surface area contributed by atoms with E-state index in [9.17, 15) is 9.59 Å². The zero-order valence-electron chi connectivity index (χ0n) is 20.6. The SMILES string of the molecule is CCc1ccc(NC(=O)COc2ccc(/C=C3\SC(=S)N(c4cccc(SC)c4)C3=O)cc2OC)cc1. The third-order valence-corrected chi connectivity index (χ3v) is 7.62. The highest BCUT2D eigenvalue weighted by Gasteiger charge is 2.33. The Morgan fingerprint density at radius 3 is 2.59 bits per heavy atom. The van der Waals surface area contributed by atoms with Crippen molar-refractivity contribution in [2.75, 3.05) is 30.2 Å². The molecule has 37 heavy (non-hydrogen) atoms. The first-order valence-corrected chi connectivity index (χ1v) is 14.0. The molecule has 0 spiro atoms. The van der Waals surface area contributed by atoms with Crippen LogP contribution < -0.4 is 19.7 Å². The number of nitrogens with one attached hydrogen (secondary N) is 1. The van der Waals surface area contributed by atoms with Crippen molar-refractivity contribution in [3.63, 3.8) is 0 Å². The monoisotopic (exact) mass is 550 g/mol. The molecule has 1 N–H and O–H groups in total. The molecule has 1 aliphatic rings.